The number of amides is 1. The van der Waals surface area contributed by atoms with Crippen molar-refractivity contribution in [3.8, 4) is 11.8 Å². The number of rotatable bonds is 1. The molecule has 1 aromatic rings. The molecule has 0 saturated carbocycles. The summed E-state index contributed by atoms with van der Waals surface area (Å²) in [6.45, 7) is 2.84. The predicted molar refractivity (Wildman–Crippen MR) is 78.7 cm³/mol. The van der Waals surface area contributed by atoms with Crippen LogP contribution in [0.2, 0.25) is 0 Å². The smallest absolute Gasteiger partial charge is 0.265 e. The molecule has 1 aliphatic heterocycles. The lowest BCUT2D eigenvalue weighted by Crippen LogP contribution is -2.33. The predicted octanol–water partition coefficient (Wildman–Crippen LogP) is 1.47. The van der Waals surface area contributed by atoms with E-state index in [1.807, 2.05) is 12.3 Å². The van der Waals surface area contributed by atoms with E-state index >= 15 is 0 Å². The van der Waals surface area contributed by atoms with Crippen molar-refractivity contribution in [2.45, 2.75) is 31.8 Å². The van der Waals surface area contributed by atoms with Gasteiger partial charge in [-0.1, -0.05) is 11.8 Å². The summed E-state index contributed by atoms with van der Waals surface area (Å²) in [6, 6.07) is 1.80. The van der Waals surface area contributed by atoms with Crippen molar-refractivity contribution in [1.29, 1.82) is 0 Å². The first kappa shape index (κ1) is 15.0. The number of aliphatic hydroxyl groups is 2. The van der Waals surface area contributed by atoms with E-state index < -0.39 is 5.60 Å². The Hall–Kier alpha value is -1.35. The van der Waals surface area contributed by atoms with Gasteiger partial charge in [0.25, 0.3) is 5.91 Å². The summed E-state index contributed by atoms with van der Waals surface area (Å²) in [5.41, 5.74) is -0.00523. The topological polar surface area (TPSA) is 60.8 Å². The molecule has 0 spiro atoms. The van der Waals surface area contributed by atoms with Crippen LogP contribution in [0.5, 0.6) is 0 Å². The van der Waals surface area contributed by atoms with Gasteiger partial charge in [-0.25, -0.2) is 0 Å². The van der Waals surface area contributed by atoms with Crippen molar-refractivity contribution in [2.75, 3.05) is 19.7 Å². The van der Waals surface area contributed by atoms with Crippen LogP contribution in [-0.2, 0) is 0 Å². The second-order valence-electron chi connectivity index (χ2n) is 5.27. The van der Waals surface area contributed by atoms with Gasteiger partial charge in [0.05, 0.1) is 5.60 Å². The maximum Gasteiger partial charge on any atom is 0.265 e. The number of hydrogen-bond donors (Lipinski definition) is 2. The number of thiophene rings is 1. The molecule has 2 N–H and O–H groups in total. The highest BCUT2D eigenvalue weighted by atomic mass is 32.1. The molecule has 1 unspecified atom stereocenters. The summed E-state index contributed by atoms with van der Waals surface area (Å²) >= 11 is 1.37. The van der Waals surface area contributed by atoms with Gasteiger partial charge in [0, 0.05) is 18.7 Å². The van der Waals surface area contributed by atoms with Crippen LogP contribution >= 0.6 is 11.3 Å². The number of aliphatic hydroxyl groups excluding tert-OH is 1. The minimum absolute atomic E-state index is 0.0278. The van der Waals surface area contributed by atoms with E-state index in [1.54, 1.807) is 11.0 Å². The van der Waals surface area contributed by atoms with Gasteiger partial charge in [-0.15, -0.1) is 11.3 Å². The van der Waals surface area contributed by atoms with Gasteiger partial charge in [-0.3, -0.25) is 4.79 Å². The summed E-state index contributed by atoms with van der Waals surface area (Å²) in [4.78, 5) is 14.9. The summed E-state index contributed by atoms with van der Waals surface area (Å²) in [6.07, 6.45) is 2.13. The zero-order chi connectivity index (χ0) is 14.6. The second-order valence-corrected chi connectivity index (χ2v) is 6.18. The van der Waals surface area contributed by atoms with Crippen LogP contribution in [0.15, 0.2) is 11.4 Å². The van der Waals surface area contributed by atoms with E-state index in [0.717, 1.165) is 12.8 Å². The zero-order valence-electron chi connectivity index (χ0n) is 11.6. The molecule has 0 aliphatic carbocycles. The van der Waals surface area contributed by atoms with Gasteiger partial charge in [0.15, 0.2) is 0 Å². The largest absolute Gasteiger partial charge is 0.390 e. The van der Waals surface area contributed by atoms with E-state index in [-0.39, 0.29) is 12.5 Å². The van der Waals surface area contributed by atoms with Crippen molar-refractivity contribution >= 4 is 17.2 Å². The Balaban J connectivity index is 2.13. The molecule has 108 valence electrons. The standard InChI is InChI=1S/C15H19NO3S/c1-15(19)6-3-8-16(9-7-15)14(18)13-12(4-2-10-17)5-11-20-13/h5,11,17,19H,3,6-10H2,1H3. The molecule has 1 saturated heterocycles. The van der Waals surface area contributed by atoms with Gasteiger partial charge < -0.3 is 15.1 Å². The molecule has 2 heterocycles. The number of carbonyl (C=O) groups excluding carboxylic acids is 1. The lowest BCUT2D eigenvalue weighted by Gasteiger charge is -2.22. The molecule has 2 rings (SSSR count). The van der Waals surface area contributed by atoms with Crippen LogP contribution in [0.4, 0.5) is 0 Å². The molecule has 4 nitrogen and oxygen atoms in total. The molecular formula is C15H19NO3S. The molecule has 1 amide bonds. The van der Waals surface area contributed by atoms with Crippen molar-refractivity contribution in [3.05, 3.63) is 21.9 Å². The zero-order valence-corrected chi connectivity index (χ0v) is 12.4. The Morgan fingerprint density at radius 2 is 2.30 bits per heavy atom. The average molecular weight is 293 g/mol. The molecular weight excluding hydrogens is 274 g/mol. The van der Waals surface area contributed by atoms with Crippen LogP contribution in [0.1, 0.15) is 41.4 Å². The first-order chi connectivity index (χ1) is 9.53. The van der Waals surface area contributed by atoms with Crippen LogP contribution in [0, 0.1) is 11.8 Å². The van der Waals surface area contributed by atoms with E-state index in [1.165, 1.54) is 11.3 Å². The first-order valence-electron chi connectivity index (χ1n) is 6.72. The van der Waals surface area contributed by atoms with E-state index in [2.05, 4.69) is 11.8 Å². The van der Waals surface area contributed by atoms with E-state index in [4.69, 9.17) is 5.11 Å². The average Bonchev–Trinajstić information content (AvgIpc) is 2.79. The third-order valence-electron chi connectivity index (χ3n) is 3.51. The lowest BCUT2D eigenvalue weighted by molar-refractivity contribution is 0.0438. The molecule has 1 aliphatic rings. The van der Waals surface area contributed by atoms with Gasteiger partial charge in [0.2, 0.25) is 0 Å². The SMILES string of the molecule is CC1(O)CCCN(C(=O)c2sccc2C#CCO)CC1. The fourth-order valence-corrected chi connectivity index (χ4v) is 3.13. The van der Waals surface area contributed by atoms with Gasteiger partial charge >= 0.3 is 0 Å². The summed E-state index contributed by atoms with van der Waals surface area (Å²) in [5, 5.41) is 20.7. The van der Waals surface area contributed by atoms with Crippen LogP contribution in [0.3, 0.4) is 0 Å². The summed E-state index contributed by atoms with van der Waals surface area (Å²) < 4.78 is 0. The quantitative estimate of drug-likeness (QED) is 0.771. The van der Waals surface area contributed by atoms with Gasteiger partial charge in [0.1, 0.15) is 11.5 Å². The molecule has 0 bridgehead atoms. The highest BCUT2D eigenvalue weighted by Gasteiger charge is 2.28. The molecule has 20 heavy (non-hydrogen) atoms. The number of carbonyl (C=O) groups is 1. The maximum atomic E-state index is 12.5. The number of hydrogen-bond acceptors (Lipinski definition) is 4. The van der Waals surface area contributed by atoms with Crippen molar-refractivity contribution in [3.63, 3.8) is 0 Å². The Morgan fingerprint density at radius 3 is 3.05 bits per heavy atom. The first-order valence-corrected chi connectivity index (χ1v) is 7.60. The second kappa shape index (κ2) is 6.40. The van der Waals surface area contributed by atoms with Crippen molar-refractivity contribution in [1.82, 2.24) is 4.90 Å². The Bertz CT molecular complexity index is 539. The van der Waals surface area contributed by atoms with Crippen molar-refractivity contribution < 1.29 is 15.0 Å². The minimum Gasteiger partial charge on any atom is -0.390 e. The summed E-state index contributed by atoms with van der Waals surface area (Å²) in [7, 11) is 0. The molecule has 0 radical (unpaired) electrons. The van der Waals surface area contributed by atoms with E-state index in [9.17, 15) is 9.90 Å². The Labute approximate surface area is 123 Å². The molecule has 1 fully saturated rings. The van der Waals surface area contributed by atoms with Crippen LogP contribution in [-0.4, -0.2) is 46.3 Å². The third-order valence-corrected chi connectivity index (χ3v) is 4.41. The van der Waals surface area contributed by atoms with Crippen molar-refractivity contribution in [2.24, 2.45) is 0 Å². The Kier molecular flexibility index (Phi) is 4.81. The van der Waals surface area contributed by atoms with Crippen LogP contribution < -0.4 is 0 Å². The monoisotopic (exact) mass is 293 g/mol. The van der Waals surface area contributed by atoms with Crippen LogP contribution in [0.25, 0.3) is 0 Å². The third kappa shape index (κ3) is 3.60. The number of likely N-dealkylation sites (tertiary alicyclic amines) is 1. The minimum atomic E-state index is -0.677. The lowest BCUT2D eigenvalue weighted by atomic mass is 9.98. The normalized spacial score (nSPS) is 22.9. The molecule has 0 aromatic carbocycles. The molecule has 1 aromatic heterocycles. The van der Waals surface area contributed by atoms with E-state index in [0.29, 0.717) is 30.0 Å². The highest BCUT2D eigenvalue weighted by molar-refractivity contribution is 7.12. The number of nitrogens with zero attached hydrogens (tertiary/aromatic N) is 1. The molecule has 5 heteroatoms. The van der Waals surface area contributed by atoms with Gasteiger partial charge in [-0.2, -0.15) is 0 Å². The molecule has 1 atom stereocenters. The Morgan fingerprint density at radius 1 is 1.50 bits per heavy atom. The summed E-state index contributed by atoms with van der Waals surface area (Å²) in [5.74, 6) is 5.36. The highest BCUT2D eigenvalue weighted by Crippen LogP contribution is 2.24. The fourth-order valence-electron chi connectivity index (χ4n) is 2.32. The van der Waals surface area contributed by atoms with Gasteiger partial charge in [-0.05, 0) is 37.6 Å². The fraction of sp³-hybridized carbons (Fsp3) is 0.533. The maximum absolute atomic E-state index is 12.5.